The Balaban J connectivity index is 1.51. The van der Waals surface area contributed by atoms with Crippen LogP contribution in [0.15, 0.2) is 35.3 Å². The van der Waals surface area contributed by atoms with E-state index in [1.165, 1.54) is 0 Å². The zero-order valence-electron chi connectivity index (χ0n) is 13.4. The molecule has 5 nitrogen and oxygen atoms in total. The van der Waals surface area contributed by atoms with Gasteiger partial charge in [-0.1, -0.05) is 6.92 Å². The smallest absolute Gasteiger partial charge is 0.270 e. The average molecular weight is 358 g/mol. The number of amides is 1. The normalized spacial score (nSPS) is 10.7. The highest BCUT2D eigenvalue weighted by Crippen LogP contribution is 2.22. The molecule has 3 aromatic heterocycles. The molecular weight excluding hydrogens is 340 g/mol. The third-order valence-electron chi connectivity index (χ3n) is 3.38. The van der Waals surface area contributed by atoms with Crippen molar-refractivity contribution in [3.05, 3.63) is 51.7 Å². The molecule has 0 atom stereocenters. The second-order valence-corrected chi connectivity index (χ2v) is 7.07. The van der Waals surface area contributed by atoms with Crippen LogP contribution in [0.4, 0.5) is 0 Å². The quantitative estimate of drug-likeness (QED) is 0.701. The summed E-state index contributed by atoms with van der Waals surface area (Å²) in [7, 11) is 0. The first-order chi connectivity index (χ1) is 11.8. The molecule has 24 heavy (non-hydrogen) atoms. The lowest BCUT2D eigenvalue weighted by Gasteiger charge is -2.01. The van der Waals surface area contributed by atoms with Gasteiger partial charge in [0.2, 0.25) is 0 Å². The van der Waals surface area contributed by atoms with E-state index in [2.05, 4.69) is 27.2 Å². The molecule has 7 heteroatoms. The fourth-order valence-electron chi connectivity index (χ4n) is 2.18. The molecule has 0 spiro atoms. The topological polar surface area (TPSA) is 67.8 Å². The molecule has 0 radical (unpaired) electrons. The van der Waals surface area contributed by atoms with Crippen LogP contribution in [-0.2, 0) is 12.8 Å². The SMILES string of the molecule is CCCc1nc(C(=O)NCCc2csc(-c3cccnc3)n2)cs1. The van der Waals surface area contributed by atoms with Gasteiger partial charge in [0.05, 0.1) is 10.7 Å². The largest absolute Gasteiger partial charge is 0.350 e. The van der Waals surface area contributed by atoms with E-state index in [1.54, 1.807) is 35.1 Å². The summed E-state index contributed by atoms with van der Waals surface area (Å²) in [5.74, 6) is -0.115. The molecule has 1 amide bonds. The van der Waals surface area contributed by atoms with Crippen molar-refractivity contribution in [2.24, 2.45) is 0 Å². The van der Waals surface area contributed by atoms with Crippen molar-refractivity contribution in [3.8, 4) is 10.6 Å². The Kier molecular flexibility index (Phi) is 5.66. The third kappa shape index (κ3) is 4.24. The number of carbonyl (C=O) groups is 1. The lowest BCUT2D eigenvalue weighted by atomic mass is 10.3. The monoisotopic (exact) mass is 358 g/mol. The molecule has 0 saturated heterocycles. The van der Waals surface area contributed by atoms with Gasteiger partial charge in [-0.25, -0.2) is 9.97 Å². The van der Waals surface area contributed by atoms with Crippen LogP contribution in [-0.4, -0.2) is 27.4 Å². The van der Waals surface area contributed by atoms with E-state index in [4.69, 9.17) is 0 Å². The van der Waals surface area contributed by atoms with Crippen LogP contribution in [0.1, 0.15) is 34.5 Å². The molecule has 3 aromatic rings. The van der Waals surface area contributed by atoms with Crippen molar-refractivity contribution in [2.75, 3.05) is 6.54 Å². The third-order valence-corrected chi connectivity index (χ3v) is 5.22. The van der Waals surface area contributed by atoms with Crippen molar-refractivity contribution >= 4 is 28.6 Å². The van der Waals surface area contributed by atoms with Gasteiger partial charge in [-0.15, -0.1) is 22.7 Å². The van der Waals surface area contributed by atoms with Crippen LogP contribution in [0.25, 0.3) is 10.6 Å². The lowest BCUT2D eigenvalue weighted by Crippen LogP contribution is -2.26. The predicted molar refractivity (Wildman–Crippen MR) is 97.5 cm³/mol. The van der Waals surface area contributed by atoms with Gasteiger partial charge in [-0.3, -0.25) is 9.78 Å². The van der Waals surface area contributed by atoms with Crippen LogP contribution in [0.5, 0.6) is 0 Å². The Labute approximate surface area is 148 Å². The highest BCUT2D eigenvalue weighted by atomic mass is 32.1. The van der Waals surface area contributed by atoms with E-state index in [1.807, 2.05) is 22.9 Å². The van der Waals surface area contributed by atoms with Gasteiger partial charge in [-0.05, 0) is 25.0 Å². The molecule has 0 bridgehead atoms. The standard InChI is InChI=1S/C17H18N4OS2/c1-2-4-15-21-14(11-23-15)16(22)19-8-6-13-10-24-17(20-13)12-5-3-7-18-9-12/h3,5,7,9-11H,2,4,6,8H2,1H3,(H,19,22). The van der Waals surface area contributed by atoms with E-state index in [0.717, 1.165) is 34.1 Å². The van der Waals surface area contributed by atoms with Gasteiger partial charge >= 0.3 is 0 Å². The number of rotatable bonds is 7. The molecule has 0 aliphatic heterocycles. The minimum absolute atomic E-state index is 0.115. The number of nitrogens with one attached hydrogen (secondary N) is 1. The minimum atomic E-state index is -0.115. The summed E-state index contributed by atoms with van der Waals surface area (Å²) < 4.78 is 0. The Bertz CT molecular complexity index is 798. The van der Waals surface area contributed by atoms with E-state index < -0.39 is 0 Å². The van der Waals surface area contributed by atoms with Gasteiger partial charge in [0, 0.05) is 41.7 Å². The summed E-state index contributed by atoms with van der Waals surface area (Å²) >= 11 is 3.14. The molecule has 1 N–H and O–H groups in total. The maximum absolute atomic E-state index is 12.1. The number of pyridine rings is 1. The first-order valence-electron chi connectivity index (χ1n) is 7.83. The number of carbonyl (C=O) groups excluding carboxylic acids is 1. The van der Waals surface area contributed by atoms with Crippen LogP contribution in [0.2, 0.25) is 0 Å². The minimum Gasteiger partial charge on any atom is -0.350 e. The summed E-state index contributed by atoms with van der Waals surface area (Å²) in [6.45, 7) is 2.66. The number of thiazole rings is 2. The van der Waals surface area contributed by atoms with E-state index in [-0.39, 0.29) is 5.91 Å². The Morgan fingerprint density at radius 2 is 2.12 bits per heavy atom. The van der Waals surface area contributed by atoms with Crippen molar-refractivity contribution in [2.45, 2.75) is 26.2 Å². The maximum Gasteiger partial charge on any atom is 0.270 e. The Morgan fingerprint density at radius 1 is 1.21 bits per heavy atom. The second-order valence-electron chi connectivity index (χ2n) is 5.27. The molecule has 0 aliphatic carbocycles. The first kappa shape index (κ1) is 16.7. The Morgan fingerprint density at radius 3 is 2.92 bits per heavy atom. The number of hydrogen-bond donors (Lipinski definition) is 1. The van der Waals surface area contributed by atoms with Gasteiger partial charge < -0.3 is 5.32 Å². The lowest BCUT2D eigenvalue weighted by molar-refractivity contribution is 0.0949. The van der Waals surface area contributed by atoms with Crippen molar-refractivity contribution in [1.82, 2.24) is 20.3 Å². The molecule has 3 heterocycles. The highest BCUT2D eigenvalue weighted by Gasteiger charge is 2.10. The van der Waals surface area contributed by atoms with Crippen molar-refractivity contribution in [1.29, 1.82) is 0 Å². The van der Waals surface area contributed by atoms with Gasteiger partial charge in [0.25, 0.3) is 5.91 Å². The van der Waals surface area contributed by atoms with Gasteiger partial charge in [0.15, 0.2) is 0 Å². The summed E-state index contributed by atoms with van der Waals surface area (Å²) in [6.07, 6.45) is 6.22. The summed E-state index contributed by atoms with van der Waals surface area (Å²) in [5, 5.41) is 8.73. The molecular formula is C17H18N4OS2. The van der Waals surface area contributed by atoms with Crippen LogP contribution < -0.4 is 5.32 Å². The Hall–Kier alpha value is -2.12. The highest BCUT2D eigenvalue weighted by molar-refractivity contribution is 7.13. The van der Waals surface area contributed by atoms with E-state index >= 15 is 0 Å². The first-order valence-corrected chi connectivity index (χ1v) is 9.59. The molecule has 124 valence electrons. The predicted octanol–water partition coefficient (Wildman–Crippen LogP) is 3.59. The van der Waals surface area contributed by atoms with Crippen molar-refractivity contribution < 1.29 is 4.79 Å². The maximum atomic E-state index is 12.1. The van der Waals surface area contributed by atoms with Crippen LogP contribution in [0.3, 0.4) is 0 Å². The van der Waals surface area contributed by atoms with E-state index in [9.17, 15) is 4.79 Å². The molecule has 0 fully saturated rings. The number of hydrogen-bond acceptors (Lipinski definition) is 6. The summed E-state index contributed by atoms with van der Waals surface area (Å²) in [4.78, 5) is 25.1. The van der Waals surface area contributed by atoms with Crippen LogP contribution >= 0.6 is 22.7 Å². The molecule has 0 unspecified atom stereocenters. The van der Waals surface area contributed by atoms with E-state index in [0.29, 0.717) is 18.7 Å². The molecule has 0 saturated carbocycles. The van der Waals surface area contributed by atoms with Gasteiger partial charge in [0.1, 0.15) is 10.7 Å². The zero-order chi connectivity index (χ0) is 16.8. The second kappa shape index (κ2) is 8.12. The fourth-order valence-corrected chi connectivity index (χ4v) is 3.91. The number of aromatic nitrogens is 3. The van der Waals surface area contributed by atoms with Gasteiger partial charge in [-0.2, -0.15) is 0 Å². The number of nitrogens with zero attached hydrogens (tertiary/aromatic N) is 3. The number of aryl methyl sites for hydroxylation is 1. The molecule has 0 aromatic carbocycles. The van der Waals surface area contributed by atoms with Crippen LogP contribution in [0, 0.1) is 0 Å². The summed E-state index contributed by atoms with van der Waals surface area (Å²) in [6, 6.07) is 3.89. The zero-order valence-corrected chi connectivity index (χ0v) is 15.0. The molecule has 0 aliphatic rings. The average Bonchev–Trinajstić information content (AvgIpc) is 3.26. The van der Waals surface area contributed by atoms with Crippen molar-refractivity contribution in [3.63, 3.8) is 0 Å². The summed E-state index contributed by atoms with van der Waals surface area (Å²) in [5.41, 5.74) is 2.51. The molecule has 3 rings (SSSR count). The fraction of sp³-hybridized carbons (Fsp3) is 0.294.